The number of amides is 1. The number of nitrogens with one attached hydrogen (secondary N) is 1. The van der Waals surface area contributed by atoms with E-state index in [0.717, 1.165) is 59.2 Å². The fourth-order valence-corrected chi connectivity index (χ4v) is 7.42. The Hall–Kier alpha value is -5.08. The van der Waals surface area contributed by atoms with Gasteiger partial charge in [-0.15, -0.1) is 0 Å². The molecule has 0 fully saturated rings. The number of benzene rings is 4. The Balaban J connectivity index is 1.17. The summed E-state index contributed by atoms with van der Waals surface area (Å²) in [6.07, 6.45) is 7.70. The third-order valence-electron chi connectivity index (χ3n) is 10.1. The molecule has 1 amide bonds. The topological polar surface area (TPSA) is 101 Å². The van der Waals surface area contributed by atoms with Gasteiger partial charge in [0.1, 0.15) is 5.60 Å². The molecule has 7 heteroatoms. The van der Waals surface area contributed by atoms with Crippen molar-refractivity contribution in [2.24, 2.45) is 0 Å². The van der Waals surface area contributed by atoms with Gasteiger partial charge in [-0.1, -0.05) is 115 Å². The number of hydroxylamine groups is 1. The summed E-state index contributed by atoms with van der Waals surface area (Å²) in [5.74, 6) is -0.585. The van der Waals surface area contributed by atoms with E-state index in [1.165, 1.54) is 16.7 Å². The van der Waals surface area contributed by atoms with E-state index in [4.69, 9.17) is 4.74 Å². The van der Waals surface area contributed by atoms with Crippen molar-refractivity contribution < 1.29 is 24.6 Å². The van der Waals surface area contributed by atoms with Crippen LogP contribution >= 0.6 is 0 Å². The number of rotatable bonds is 18. The Labute approximate surface area is 306 Å². The largest absolute Gasteiger partial charge is 0.380 e. The number of carbonyl (C=O) groups excluding carboxylic acids is 2. The first kappa shape index (κ1) is 36.7. The number of aliphatic hydroxyl groups is 1. The van der Waals surface area contributed by atoms with Gasteiger partial charge in [0.05, 0.1) is 12.3 Å². The maximum absolute atomic E-state index is 13.1. The van der Waals surface area contributed by atoms with Gasteiger partial charge >= 0.3 is 0 Å². The van der Waals surface area contributed by atoms with Crippen LogP contribution in [0.4, 0.5) is 0 Å². The van der Waals surface area contributed by atoms with Gasteiger partial charge in [0.15, 0.2) is 5.78 Å². The highest BCUT2D eigenvalue weighted by molar-refractivity contribution is 5.93. The first-order valence-electron chi connectivity index (χ1n) is 18.3. The molecule has 1 aliphatic carbocycles. The fourth-order valence-electron chi connectivity index (χ4n) is 7.42. The molecule has 0 unspecified atom stereocenters. The van der Waals surface area contributed by atoms with Gasteiger partial charge in [0.2, 0.25) is 5.91 Å². The molecule has 6 rings (SSSR count). The zero-order chi connectivity index (χ0) is 36.3. The number of hydrogen-bond acceptors (Lipinski definition) is 5. The molecule has 1 heterocycles. The van der Waals surface area contributed by atoms with E-state index in [1.54, 1.807) is 12.4 Å². The second-order valence-corrected chi connectivity index (χ2v) is 13.7. The second kappa shape index (κ2) is 17.4. The summed E-state index contributed by atoms with van der Waals surface area (Å²) in [4.78, 5) is 25.2. The van der Waals surface area contributed by atoms with Crippen LogP contribution in [0.5, 0.6) is 0 Å². The third kappa shape index (κ3) is 8.86. The molecule has 0 atom stereocenters. The molecule has 0 aliphatic heterocycles. The average molecular weight is 697 g/mol. The van der Waals surface area contributed by atoms with Gasteiger partial charge in [0.25, 0.3) is 0 Å². The van der Waals surface area contributed by atoms with Crippen molar-refractivity contribution in [3.05, 3.63) is 172 Å². The number of unbranched alkanes of at least 4 members (excludes halogenated alkanes) is 1. The minimum atomic E-state index is -1.29. The fraction of sp³-hybridized carbons (Fsp3) is 0.289. The Morgan fingerprint density at radius 3 is 2.21 bits per heavy atom. The van der Waals surface area contributed by atoms with E-state index in [1.807, 2.05) is 83.4 Å². The van der Waals surface area contributed by atoms with Crippen LogP contribution in [0.1, 0.15) is 94.2 Å². The van der Waals surface area contributed by atoms with Gasteiger partial charge in [-0.05, 0) is 95.5 Å². The van der Waals surface area contributed by atoms with Gasteiger partial charge in [-0.2, -0.15) is 0 Å². The third-order valence-corrected chi connectivity index (χ3v) is 10.1. The molecule has 7 nitrogen and oxygen atoms in total. The summed E-state index contributed by atoms with van der Waals surface area (Å²) in [6, 6.07) is 38.0. The van der Waals surface area contributed by atoms with E-state index in [0.29, 0.717) is 44.7 Å². The Bertz CT molecular complexity index is 1960. The summed E-state index contributed by atoms with van der Waals surface area (Å²) >= 11 is 0. The van der Waals surface area contributed by atoms with E-state index in [-0.39, 0.29) is 12.2 Å². The molecule has 5 aromatic rings. The molecule has 0 spiro atoms. The first-order chi connectivity index (χ1) is 25.4. The molecule has 0 saturated carbocycles. The number of allylic oxidation sites excluding steroid dienone is 2. The summed E-state index contributed by atoms with van der Waals surface area (Å²) in [6.45, 7) is 3.18. The average Bonchev–Trinajstić information content (AvgIpc) is 3.75. The minimum absolute atomic E-state index is 0.0597. The number of fused-ring (bicyclic) bond motifs is 1. The van der Waals surface area contributed by atoms with Crippen LogP contribution in [-0.4, -0.2) is 33.2 Å². The lowest BCUT2D eigenvalue weighted by Gasteiger charge is -2.30. The Morgan fingerprint density at radius 2 is 1.50 bits per heavy atom. The highest BCUT2D eigenvalue weighted by Gasteiger charge is 2.32. The normalized spacial score (nSPS) is 12.4. The van der Waals surface area contributed by atoms with Crippen molar-refractivity contribution in [3.63, 3.8) is 0 Å². The maximum atomic E-state index is 13.1. The molecule has 0 radical (unpaired) electrons. The van der Waals surface area contributed by atoms with Crippen LogP contribution in [0.2, 0.25) is 0 Å². The molecule has 3 N–H and O–H groups in total. The van der Waals surface area contributed by atoms with Crippen molar-refractivity contribution in [3.8, 4) is 0 Å². The molecule has 0 saturated heterocycles. The quantitative estimate of drug-likeness (QED) is 0.0370. The lowest BCUT2D eigenvalue weighted by molar-refractivity contribution is -0.129. The number of carbonyl (C=O) groups is 2. The van der Waals surface area contributed by atoms with E-state index < -0.39 is 11.5 Å². The van der Waals surface area contributed by atoms with Crippen LogP contribution in [-0.2, 0) is 47.5 Å². The molecule has 0 bridgehead atoms. The van der Waals surface area contributed by atoms with Crippen LogP contribution in [0.15, 0.2) is 121 Å². The van der Waals surface area contributed by atoms with Gasteiger partial charge in [0, 0.05) is 32.2 Å². The van der Waals surface area contributed by atoms with E-state index in [9.17, 15) is 19.9 Å². The number of nitrogens with zero attached hydrogens (tertiary/aromatic N) is 1. The van der Waals surface area contributed by atoms with E-state index in [2.05, 4.69) is 42.5 Å². The van der Waals surface area contributed by atoms with Crippen molar-refractivity contribution in [2.75, 3.05) is 6.61 Å². The Kier molecular flexibility index (Phi) is 12.3. The number of aryl methyl sites for hydroxylation is 1. The second-order valence-electron chi connectivity index (χ2n) is 13.7. The van der Waals surface area contributed by atoms with Crippen LogP contribution in [0.25, 0.3) is 5.57 Å². The number of aromatic nitrogens is 1. The first-order valence-corrected chi connectivity index (χ1v) is 18.3. The predicted molar refractivity (Wildman–Crippen MR) is 204 cm³/mol. The monoisotopic (exact) mass is 696 g/mol. The molecule has 1 aliphatic rings. The molecular formula is C45H48N2O5. The van der Waals surface area contributed by atoms with Crippen LogP contribution in [0, 0.1) is 0 Å². The standard InChI is InChI=1S/C45H48N2O5/c1-33(48)43-30-38(24-25-44(49)46-51)42(26-27-45(50,39-17-4-2-5-18-39)40-19-6-3-7-20-40)47(43)31-34-13-12-14-35(29-34)32-52-28-11-10-16-37-23-22-36-15-8-9-21-41(36)37/h2-9,12-15,17-21,23,29-30,50-51H,10-11,16,22,24-28,31-32H2,1H3,(H,46,49). The zero-order valence-corrected chi connectivity index (χ0v) is 29.9. The number of ketones is 1. The van der Waals surface area contributed by atoms with Crippen molar-refractivity contribution in [2.45, 2.75) is 77.0 Å². The van der Waals surface area contributed by atoms with Gasteiger partial charge in [-0.3, -0.25) is 14.8 Å². The van der Waals surface area contributed by atoms with Crippen LogP contribution < -0.4 is 5.48 Å². The number of ether oxygens (including phenoxy) is 1. The number of hydrogen-bond donors (Lipinski definition) is 3. The maximum Gasteiger partial charge on any atom is 0.243 e. The number of Topliss-reactive ketones (excluding diaryl/α,β-unsaturated/α-hetero) is 1. The summed E-state index contributed by atoms with van der Waals surface area (Å²) in [5.41, 5.74) is 10.6. The summed E-state index contributed by atoms with van der Waals surface area (Å²) in [7, 11) is 0. The van der Waals surface area contributed by atoms with Crippen molar-refractivity contribution in [1.29, 1.82) is 0 Å². The lowest BCUT2D eigenvalue weighted by Crippen LogP contribution is -2.28. The molecule has 268 valence electrons. The highest BCUT2D eigenvalue weighted by Crippen LogP contribution is 2.36. The lowest BCUT2D eigenvalue weighted by atomic mass is 9.82. The van der Waals surface area contributed by atoms with E-state index >= 15 is 0 Å². The molecular weight excluding hydrogens is 649 g/mol. The SMILES string of the molecule is CC(=O)c1cc(CCC(=O)NO)c(CCC(O)(c2ccccc2)c2ccccc2)n1Cc1cccc(COCCCCC2=CCc3ccccc32)c1. The van der Waals surface area contributed by atoms with Gasteiger partial charge in [-0.25, -0.2) is 5.48 Å². The molecule has 4 aromatic carbocycles. The minimum Gasteiger partial charge on any atom is -0.380 e. The zero-order valence-electron chi connectivity index (χ0n) is 29.9. The predicted octanol–water partition coefficient (Wildman–Crippen LogP) is 8.37. The Morgan fingerprint density at radius 1 is 0.808 bits per heavy atom. The highest BCUT2D eigenvalue weighted by atomic mass is 16.5. The summed E-state index contributed by atoms with van der Waals surface area (Å²) < 4.78 is 8.14. The molecule has 1 aromatic heterocycles. The smallest absolute Gasteiger partial charge is 0.243 e. The summed E-state index contributed by atoms with van der Waals surface area (Å²) in [5, 5.41) is 21.5. The van der Waals surface area contributed by atoms with Crippen molar-refractivity contribution in [1.82, 2.24) is 10.0 Å². The molecule has 52 heavy (non-hydrogen) atoms. The van der Waals surface area contributed by atoms with Crippen LogP contribution in [0.3, 0.4) is 0 Å². The van der Waals surface area contributed by atoms with Crippen molar-refractivity contribution >= 4 is 17.3 Å². The van der Waals surface area contributed by atoms with Gasteiger partial charge < -0.3 is 14.4 Å².